The first kappa shape index (κ1) is 25.2. The molecule has 0 atom stereocenters. The first-order valence-electron chi connectivity index (χ1n) is 10.6. The van der Waals surface area contributed by atoms with E-state index in [0.717, 1.165) is 16.9 Å². The first-order valence-corrected chi connectivity index (χ1v) is 12.9. The minimum Gasteiger partial charge on any atom is -0.494 e. The van der Waals surface area contributed by atoms with Gasteiger partial charge in [-0.1, -0.05) is 41.7 Å². The summed E-state index contributed by atoms with van der Waals surface area (Å²) in [6.07, 6.45) is 0. The summed E-state index contributed by atoms with van der Waals surface area (Å²) in [5, 5.41) is 11.2. The number of rotatable bonds is 7. The molecule has 0 aliphatic rings. The molecule has 0 radical (unpaired) electrons. The Morgan fingerprint density at radius 3 is 2.42 bits per heavy atom. The molecule has 186 valence electrons. The van der Waals surface area contributed by atoms with Crippen molar-refractivity contribution >= 4 is 43.2 Å². The van der Waals surface area contributed by atoms with E-state index >= 15 is 0 Å². The number of non-ortho nitro benzene ring substituents is 1. The molecular weight excluding hydrogens is 504 g/mol. The quantitative estimate of drug-likeness (QED) is 0.267. The van der Waals surface area contributed by atoms with Gasteiger partial charge in [-0.25, -0.2) is 8.42 Å². The smallest absolute Gasteiger partial charge is 0.279 e. The van der Waals surface area contributed by atoms with Gasteiger partial charge in [-0.3, -0.25) is 14.9 Å². The highest BCUT2D eigenvalue weighted by Gasteiger charge is 2.22. The number of carbonyl (C=O) groups excluding carboxylic acids is 1. The van der Waals surface area contributed by atoms with E-state index < -0.39 is 20.9 Å². The van der Waals surface area contributed by atoms with Gasteiger partial charge >= 0.3 is 0 Å². The van der Waals surface area contributed by atoms with Crippen LogP contribution in [-0.2, 0) is 23.6 Å². The SMILES string of the molecule is COc1cc([N+](=O)[O-])cc2sc(=NC(=O)c3ccc(S(=O)(=O)N(C)Cc4ccccc4)cc3)n(C)c12. The fourth-order valence-corrected chi connectivity index (χ4v) is 5.85. The normalized spacial score (nSPS) is 12.3. The molecule has 0 bridgehead atoms. The van der Waals surface area contributed by atoms with E-state index in [9.17, 15) is 23.3 Å². The minimum atomic E-state index is -3.76. The molecule has 0 N–H and O–H groups in total. The van der Waals surface area contributed by atoms with Crippen molar-refractivity contribution < 1.29 is 22.9 Å². The van der Waals surface area contributed by atoms with Crippen molar-refractivity contribution in [2.24, 2.45) is 12.0 Å². The highest BCUT2D eigenvalue weighted by Crippen LogP contribution is 2.32. The molecule has 0 fully saturated rings. The van der Waals surface area contributed by atoms with E-state index in [-0.39, 0.29) is 22.7 Å². The van der Waals surface area contributed by atoms with E-state index in [1.165, 1.54) is 54.9 Å². The lowest BCUT2D eigenvalue weighted by Crippen LogP contribution is -2.26. The van der Waals surface area contributed by atoms with Crippen LogP contribution in [-0.4, -0.2) is 42.3 Å². The lowest BCUT2D eigenvalue weighted by Gasteiger charge is -2.17. The summed E-state index contributed by atoms with van der Waals surface area (Å²) in [5.41, 5.74) is 1.50. The highest BCUT2D eigenvalue weighted by molar-refractivity contribution is 7.89. The number of carbonyl (C=O) groups is 1. The lowest BCUT2D eigenvalue weighted by atomic mass is 10.2. The Labute approximate surface area is 210 Å². The molecule has 4 rings (SSSR count). The van der Waals surface area contributed by atoms with Crippen molar-refractivity contribution in [3.8, 4) is 5.75 Å². The molecule has 1 aromatic heterocycles. The molecule has 0 unspecified atom stereocenters. The number of nitro groups is 1. The summed E-state index contributed by atoms with van der Waals surface area (Å²) >= 11 is 1.11. The molecule has 0 aliphatic heterocycles. The second kappa shape index (κ2) is 10.0. The zero-order chi connectivity index (χ0) is 26.0. The minimum absolute atomic E-state index is 0.0574. The van der Waals surface area contributed by atoms with Gasteiger partial charge in [0.05, 0.1) is 27.7 Å². The molecule has 1 amide bonds. The van der Waals surface area contributed by atoms with Crippen LogP contribution in [0.3, 0.4) is 0 Å². The third-order valence-electron chi connectivity index (χ3n) is 5.53. The van der Waals surface area contributed by atoms with Crippen LogP contribution in [0.25, 0.3) is 10.2 Å². The van der Waals surface area contributed by atoms with E-state index in [4.69, 9.17) is 4.74 Å². The Hall–Kier alpha value is -3.87. The van der Waals surface area contributed by atoms with Gasteiger partial charge in [-0.15, -0.1) is 0 Å². The molecular formula is C24H22N4O6S2. The van der Waals surface area contributed by atoms with Gasteiger partial charge < -0.3 is 9.30 Å². The zero-order valence-electron chi connectivity index (χ0n) is 19.6. The van der Waals surface area contributed by atoms with Gasteiger partial charge in [0.15, 0.2) is 10.6 Å². The third kappa shape index (κ3) is 4.91. The summed E-state index contributed by atoms with van der Waals surface area (Å²) < 4.78 is 34.6. The molecule has 0 spiro atoms. The van der Waals surface area contributed by atoms with Gasteiger partial charge in [-0.2, -0.15) is 9.30 Å². The first-order chi connectivity index (χ1) is 17.1. The van der Waals surface area contributed by atoms with Crippen molar-refractivity contribution in [2.45, 2.75) is 11.4 Å². The largest absolute Gasteiger partial charge is 0.494 e. The number of fused-ring (bicyclic) bond motifs is 1. The van der Waals surface area contributed by atoms with E-state index in [1.54, 1.807) is 11.6 Å². The number of thiazole rings is 1. The number of nitrogens with zero attached hydrogens (tertiary/aromatic N) is 4. The molecule has 1 heterocycles. The Morgan fingerprint density at radius 1 is 1.14 bits per heavy atom. The zero-order valence-corrected chi connectivity index (χ0v) is 21.2. The number of aromatic nitrogens is 1. The van der Waals surface area contributed by atoms with Crippen molar-refractivity contribution in [1.29, 1.82) is 0 Å². The standard InChI is InChI=1S/C24H22N4O6S2/c1-26(15-16-7-5-4-6-8-16)36(32,33)19-11-9-17(10-12-19)23(29)25-24-27(2)22-20(34-3)13-18(28(30)31)14-21(22)35-24/h4-14H,15H2,1-3H3. The summed E-state index contributed by atoms with van der Waals surface area (Å²) in [4.78, 5) is 28.1. The predicted molar refractivity (Wildman–Crippen MR) is 135 cm³/mol. The summed E-state index contributed by atoms with van der Waals surface area (Å²) in [7, 11) is 0.822. The average molecular weight is 527 g/mol. The van der Waals surface area contributed by atoms with Crippen LogP contribution in [0, 0.1) is 10.1 Å². The maximum Gasteiger partial charge on any atom is 0.279 e. The van der Waals surface area contributed by atoms with Crippen molar-refractivity contribution in [2.75, 3.05) is 14.2 Å². The van der Waals surface area contributed by atoms with E-state index in [0.29, 0.717) is 20.8 Å². The molecule has 10 nitrogen and oxygen atoms in total. The summed E-state index contributed by atoms with van der Waals surface area (Å²) in [5.74, 6) is -0.284. The highest BCUT2D eigenvalue weighted by atomic mass is 32.2. The fourth-order valence-electron chi connectivity index (χ4n) is 3.62. The number of hydrogen-bond donors (Lipinski definition) is 0. The van der Waals surface area contributed by atoms with Gasteiger partial charge in [0, 0.05) is 32.3 Å². The predicted octanol–water partition coefficient (Wildman–Crippen LogP) is 3.72. The second-order valence-corrected chi connectivity index (χ2v) is 10.9. The monoisotopic (exact) mass is 526 g/mol. The number of aryl methyl sites for hydroxylation is 1. The van der Waals surface area contributed by atoms with Gasteiger partial charge in [0.1, 0.15) is 5.52 Å². The topological polar surface area (TPSA) is 124 Å². The fraction of sp³-hybridized carbons (Fsp3) is 0.167. The van der Waals surface area contributed by atoms with Crippen LogP contribution >= 0.6 is 11.3 Å². The van der Waals surface area contributed by atoms with Gasteiger partial charge in [0.25, 0.3) is 11.6 Å². The molecule has 0 aliphatic carbocycles. The van der Waals surface area contributed by atoms with Crippen molar-refractivity contribution in [3.05, 3.63) is 92.8 Å². The van der Waals surface area contributed by atoms with Crippen LogP contribution in [0.5, 0.6) is 5.75 Å². The molecule has 0 saturated heterocycles. The Balaban J connectivity index is 1.62. The number of benzene rings is 3. The van der Waals surface area contributed by atoms with Crippen molar-refractivity contribution in [3.63, 3.8) is 0 Å². The maximum atomic E-state index is 12.9. The van der Waals surface area contributed by atoms with E-state index in [1.807, 2.05) is 30.3 Å². The Kier molecular flexibility index (Phi) is 7.02. The number of ether oxygens (including phenoxy) is 1. The number of amides is 1. The summed E-state index contributed by atoms with van der Waals surface area (Å²) in [6, 6.07) is 17.5. The summed E-state index contributed by atoms with van der Waals surface area (Å²) in [6.45, 7) is 0.212. The Bertz CT molecular complexity index is 1630. The van der Waals surface area contributed by atoms with Crippen molar-refractivity contribution in [1.82, 2.24) is 8.87 Å². The molecule has 0 saturated carbocycles. The van der Waals surface area contributed by atoms with E-state index in [2.05, 4.69) is 4.99 Å². The number of nitro benzene ring substituents is 1. The molecule has 3 aromatic carbocycles. The van der Waals surface area contributed by atoms with Crippen LogP contribution in [0.1, 0.15) is 15.9 Å². The number of methoxy groups -OCH3 is 1. The Morgan fingerprint density at radius 2 is 1.81 bits per heavy atom. The lowest BCUT2D eigenvalue weighted by molar-refractivity contribution is -0.384. The number of sulfonamides is 1. The molecule has 4 aromatic rings. The molecule has 36 heavy (non-hydrogen) atoms. The van der Waals surface area contributed by atoms with Gasteiger partial charge in [-0.05, 0) is 29.8 Å². The maximum absolute atomic E-state index is 12.9. The van der Waals surface area contributed by atoms with Crippen LogP contribution in [0.4, 0.5) is 5.69 Å². The van der Waals surface area contributed by atoms with Crippen LogP contribution in [0.15, 0.2) is 76.6 Å². The van der Waals surface area contributed by atoms with Crippen LogP contribution < -0.4 is 9.54 Å². The third-order valence-corrected chi connectivity index (χ3v) is 8.43. The van der Waals surface area contributed by atoms with Crippen LogP contribution in [0.2, 0.25) is 0 Å². The number of hydrogen-bond acceptors (Lipinski definition) is 7. The average Bonchev–Trinajstić information content (AvgIpc) is 3.18. The van der Waals surface area contributed by atoms with Gasteiger partial charge in [0.2, 0.25) is 10.0 Å². The molecule has 12 heteroatoms. The second-order valence-electron chi connectivity index (χ2n) is 7.88.